The van der Waals surface area contributed by atoms with E-state index in [4.69, 9.17) is 0 Å². The topological polar surface area (TPSA) is 49.3 Å². The Labute approximate surface area is 93.1 Å². The molecule has 4 heteroatoms. The summed E-state index contributed by atoms with van der Waals surface area (Å²) >= 11 is 1.51. The van der Waals surface area contributed by atoms with E-state index >= 15 is 0 Å². The fourth-order valence-corrected chi connectivity index (χ4v) is 2.42. The first-order chi connectivity index (χ1) is 7.01. The van der Waals surface area contributed by atoms with Crippen LogP contribution in [0, 0.1) is 5.41 Å². The van der Waals surface area contributed by atoms with Crippen LogP contribution in [0.1, 0.15) is 30.6 Å². The fraction of sp³-hybridized carbons (Fsp3) is 0.545. The van der Waals surface area contributed by atoms with Gasteiger partial charge >= 0.3 is 0 Å². The molecule has 0 radical (unpaired) electrons. The number of amides is 1. The van der Waals surface area contributed by atoms with Gasteiger partial charge < -0.3 is 10.4 Å². The zero-order chi connectivity index (χ0) is 11.1. The summed E-state index contributed by atoms with van der Waals surface area (Å²) in [6.07, 6.45) is 0.355. The predicted molar refractivity (Wildman–Crippen MR) is 60.0 cm³/mol. The third-order valence-electron chi connectivity index (χ3n) is 3.30. The first kappa shape index (κ1) is 10.6. The highest BCUT2D eigenvalue weighted by molar-refractivity contribution is 7.08. The van der Waals surface area contributed by atoms with E-state index in [0.29, 0.717) is 12.0 Å². The molecular formula is C11H15NO2S. The highest BCUT2D eigenvalue weighted by Gasteiger charge is 2.47. The van der Waals surface area contributed by atoms with Crippen LogP contribution in [-0.2, 0) is 0 Å². The lowest BCUT2D eigenvalue weighted by Crippen LogP contribution is -2.61. The standard InChI is InChI=1S/C11H15NO2S/c1-11(2)8(5-9(11)13)12-10(14)7-3-4-15-6-7/h3-4,6,8-9,13H,5H2,1-2H3,(H,12,14). The van der Waals surface area contributed by atoms with Crippen molar-refractivity contribution in [1.82, 2.24) is 5.32 Å². The number of rotatable bonds is 2. The van der Waals surface area contributed by atoms with Crippen LogP contribution in [0.4, 0.5) is 0 Å². The van der Waals surface area contributed by atoms with Crippen molar-refractivity contribution in [3.63, 3.8) is 0 Å². The molecule has 1 aliphatic carbocycles. The van der Waals surface area contributed by atoms with E-state index in [-0.39, 0.29) is 23.5 Å². The third-order valence-corrected chi connectivity index (χ3v) is 3.99. The fourth-order valence-electron chi connectivity index (χ4n) is 1.78. The van der Waals surface area contributed by atoms with Gasteiger partial charge in [-0.15, -0.1) is 0 Å². The van der Waals surface area contributed by atoms with E-state index in [9.17, 15) is 9.90 Å². The maximum atomic E-state index is 11.7. The second-order valence-corrected chi connectivity index (χ2v) is 5.39. The van der Waals surface area contributed by atoms with Gasteiger partial charge in [0.2, 0.25) is 0 Å². The molecule has 1 saturated carbocycles. The van der Waals surface area contributed by atoms with Crippen LogP contribution in [0.25, 0.3) is 0 Å². The van der Waals surface area contributed by atoms with Crippen LogP contribution in [-0.4, -0.2) is 23.2 Å². The normalized spacial score (nSPS) is 28.2. The Bertz CT molecular complexity index is 359. The van der Waals surface area contributed by atoms with E-state index in [0.717, 1.165) is 0 Å². The summed E-state index contributed by atoms with van der Waals surface area (Å²) in [5, 5.41) is 16.2. The Kier molecular flexibility index (Phi) is 2.56. The molecule has 15 heavy (non-hydrogen) atoms. The van der Waals surface area contributed by atoms with Crippen LogP contribution >= 0.6 is 11.3 Å². The lowest BCUT2D eigenvalue weighted by atomic mass is 9.64. The number of hydrogen-bond donors (Lipinski definition) is 2. The van der Waals surface area contributed by atoms with Crippen LogP contribution < -0.4 is 5.32 Å². The number of hydrogen-bond acceptors (Lipinski definition) is 3. The monoisotopic (exact) mass is 225 g/mol. The van der Waals surface area contributed by atoms with Gasteiger partial charge in [-0.2, -0.15) is 11.3 Å². The second kappa shape index (κ2) is 3.61. The van der Waals surface area contributed by atoms with Gasteiger partial charge in [-0.05, 0) is 17.9 Å². The molecule has 0 bridgehead atoms. The summed E-state index contributed by atoms with van der Waals surface area (Å²) in [4.78, 5) is 11.7. The highest BCUT2D eigenvalue weighted by Crippen LogP contribution is 2.40. The maximum Gasteiger partial charge on any atom is 0.252 e. The molecule has 1 aromatic heterocycles. The first-order valence-corrected chi connectivity index (χ1v) is 5.97. The Morgan fingerprint density at radius 1 is 1.67 bits per heavy atom. The minimum Gasteiger partial charge on any atom is -0.392 e. The summed E-state index contributed by atoms with van der Waals surface area (Å²) < 4.78 is 0. The SMILES string of the molecule is CC1(C)C(O)CC1NC(=O)c1ccsc1. The molecule has 0 aliphatic heterocycles. The molecule has 82 valence electrons. The van der Waals surface area contributed by atoms with E-state index in [1.54, 1.807) is 0 Å². The lowest BCUT2D eigenvalue weighted by Gasteiger charge is -2.49. The summed E-state index contributed by atoms with van der Waals surface area (Å²) in [6.45, 7) is 3.94. The Hall–Kier alpha value is -0.870. The molecule has 1 heterocycles. The van der Waals surface area contributed by atoms with Crippen molar-refractivity contribution in [3.05, 3.63) is 22.4 Å². The Balaban J connectivity index is 1.97. The summed E-state index contributed by atoms with van der Waals surface area (Å²) in [5.74, 6) is -0.0405. The minimum absolute atomic E-state index is 0.0405. The molecule has 0 spiro atoms. The zero-order valence-corrected chi connectivity index (χ0v) is 9.67. The van der Waals surface area contributed by atoms with Gasteiger partial charge in [-0.1, -0.05) is 13.8 Å². The molecule has 3 nitrogen and oxygen atoms in total. The van der Waals surface area contributed by atoms with Gasteiger partial charge in [0, 0.05) is 22.4 Å². The van der Waals surface area contributed by atoms with E-state index in [1.807, 2.05) is 30.7 Å². The van der Waals surface area contributed by atoms with Crippen LogP contribution in [0.15, 0.2) is 16.8 Å². The molecule has 2 atom stereocenters. The van der Waals surface area contributed by atoms with Crippen LogP contribution in [0.5, 0.6) is 0 Å². The average molecular weight is 225 g/mol. The molecule has 0 saturated heterocycles. The maximum absolute atomic E-state index is 11.7. The van der Waals surface area contributed by atoms with Crippen molar-refractivity contribution in [3.8, 4) is 0 Å². The second-order valence-electron chi connectivity index (χ2n) is 4.61. The lowest BCUT2D eigenvalue weighted by molar-refractivity contribution is -0.0689. The van der Waals surface area contributed by atoms with Crippen molar-refractivity contribution in [2.45, 2.75) is 32.4 Å². The molecule has 0 aromatic carbocycles. The minimum atomic E-state index is -0.301. The van der Waals surface area contributed by atoms with Crippen LogP contribution in [0.2, 0.25) is 0 Å². The number of carbonyl (C=O) groups is 1. The van der Waals surface area contributed by atoms with Gasteiger partial charge in [0.15, 0.2) is 0 Å². The van der Waals surface area contributed by atoms with E-state index in [2.05, 4.69) is 5.32 Å². The largest absolute Gasteiger partial charge is 0.392 e. The number of nitrogens with one attached hydrogen (secondary N) is 1. The van der Waals surface area contributed by atoms with Gasteiger partial charge in [0.25, 0.3) is 5.91 Å². The number of thiophene rings is 1. The Morgan fingerprint density at radius 2 is 2.40 bits per heavy atom. The summed E-state index contributed by atoms with van der Waals surface area (Å²) in [6, 6.07) is 1.89. The van der Waals surface area contributed by atoms with Crippen molar-refractivity contribution in [2.75, 3.05) is 0 Å². The Morgan fingerprint density at radius 3 is 2.87 bits per heavy atom. The first-order valence-electron chi connectivity index (χ1n) is 5.03. The molecule has 2 rings (SSSR count). The van der Waals surface area contributed by atoms with E-state index in [1.165, 1.54) is 11.3 Å². The molecule has 1 fully saturated rings. The van der Waals surface area contributed by atoms with Gasteiger partial charge in [0.05, 0.1) is 6.10 Å². The number of carbonyl (C=O) groups excluding carboxylic acids is 1. The van der Waals surface area contributed by atoms with Crippen LogP contribution in [0.3, 0.4) is 0 Å². The highest BCUT2D eigenvalue weighted by atomic mass is 32.1. The van der Waals surface area contributed by atoms with Gasteiger partial charge in [0.1, 0.15) is 0 Å². The van der Waals surface area contributed by atoms with Gasteiger partial charge in [-0.3, -0.25) is 4.79 Å². The summed E-state index contributed by atoms with van der Waals surface area (Å²) in [7, 11) is 0. The zero-order valence-electron chi connectivity index (χ0n) is 8.86. The number of aliphatic hydroxyl groups excluding tert-OH is 1. The van der Waals surface area contributed by atoms with E-state index < -0.39 is 0 Å². The van der Waals surface area contributed by atoms with Crippen molar-refractivity contribution in [2.24, 2.45) is 5.41 Å². The molecule has 2 unspecified atom stereocenters. The number of aliphatic hydroxyl groups is 1. The predicted octanol–water partition coefficient (Wildman–Crippen LogP) is 1.64. The smallest absolute Gasteiger partial charge is 0.252 e. The van der Waals surface area contributed by atoms with Crippen molar-refractivity contribution < 1.29 is 9.90 Å². The molecular weight excluding hydrogens is 210 g/mol. The molecule has 1 aromatic rings. The van der Waals surface area contributed by atoms with Gasteiger partial charge in [-0.25, -0.2) is 0 Å². The third kappa shape index (κ3) is 1.79. The average Bonchev–Trinajstić information content (AvgIpc) is 2.70. The molecule has 1 aliphatic rings. The quantitative estimate of drug-likeness (QED) is 0.804. The van der Waals surface area contributed by atoms with Crippen molar-refractivity contribution >= 4 is 17.2 Å². The summed E-state index contributed by atoms with van der Waals surface area (Å²) in [5.41, 5.74) is 0.503. The van der Waals surface area contributed by atoms with Crippen molar-refractivity contribution in [1.29, 1.82) is 0 Å². The molecule has 2 N–H and O–H groups in total. The molecule has 1 amide bonds.